The molecule has 112 valence electrons. The summed E-state index contributed by atoms with van der Waals surface area (Å²) in [5.74, 6) is 1.61. The average molecular weight is 344 g/mol. The monoisotopic (exact) mass is 343 g/mol. The van der Waals surface area contributed by atoms with E-state index in [0.717, 1.165) is 48.6 Å². The van der Waals surface area contributed by atoms with Crippen LogP contribution in [0.3, 0.4) is 0 Å². The van der Waals surface area contributed by atoms with E-state index < -0.39 is 0 Å². The Balaban J connectivity index is 2.19. The standard InChI is InChI=1S/C15H22BrNO3/c1-3-19-14-9-11(10-17-2)8-13(16)15(14)20-12-4-6-18-7-5-12/h8-9,12,17H,3-7,10H2,1-2H3. The van der Waals surface area contributed by atoms with Crippen LogP contribution in [-0.2, 0) is 11.3 Å². The lowest BCUT2D eigenvalue weighted by Crippen LogP contribution is -2.26. The van der Waals surface area contributed by atoms with Crippen LogP contribution < -0.4 is 14.8 Å². The molecule has 1 fully saturated rings. The molecular formula is C15H22BrNO3. The fourth-order valence-electron chi connectivity index (χ4n) is 2.27. The van der Waals surface area contributed by atoms with E-state index in [1.54, 1.807) is 0 Å². The third-order valence-electron chi connectivity index (χ3n) is 3.20. The predicted molar refractivity (Wildman–Crippen MR) is 82.5 cm³/mol. The largest absolute Gasteiger partial charge is 0.490 e. The molecule has 0 saturated carbocycles. The summed E-state index contributed by atoms with van der Waals surface area (Å²) in [4.78, 5) is 0. The minimum Gasteiger partial charge on any atom is -0.490 e. The van der Waals surface area contributed by atoms with Crippen LogP contribution in [0, 0.1) is 0 Å². The van der Waals surface area contributed by atoms with E-state index in [0.29, 0.717) is 6.61 Å². The summed E-state index contributed by atoms with van der Waals surface area (Å²) in [6, 6.07) is 4.12. The molecule has 0 radical (unpaired) electrons. The number of nitrogens with one attached hydrogen (secondary N) is 1. The molecule has 0 unspecified atom stereocenters. The maximum atomic E-state index is 6.13. The van der Waals surface area contributed by atoms with Gasteiger partial charge in [-0.25, -0.2) is 0 Å². The van der Waals surface area contributed by atoms with Crippen molar-refractivity contribution >= 4 is 15.9 Å². The van der Waals surface area contributed by atoms with Gasteiger partial charge in [0.2, 0.25) is 0 Å². The maximum Gasteiger partial charge on any atom is 0.175 e. The molecule has 20 heavy (non-hydrogen) atoms. The fraction of sp³-hybridized carbons (Fsp3) is 0.600. The Morgan fingerprint density at radius 3 is 2.75 bits per heavy atom. The van der Waals surface area contributed by atoms with Crippen LogP contribution in [0.1, 0.15) is 25.3 Å². The van der Waals surface area contributed by atoms with Gasteiger partial charge in [0.1, 0.15) is 6.10 Å². The second kappa shape index (κ2) is 7.86. The molecule has 0 aromatic heterocycles. The van der Waals surface area contributed by atoms with Crippen molar-refractivity contribution in [3.05, 3.63) is 22.2 Å². The van der Waals surface area contributed by atoms with Crippen molar-refractivity contribution in [1.29, 1.82) is 0 Å². The quantitative estimate of drug-likeness (QED) is 0.861. The number of rotatable bonds is 6. The third-order valence-corrected chi connectivity index (χ3v) is 3.79. The normalized spacial score (nSPS) is 16.1. The topological polar surface area (TPSA) is 39.7 Å². The van der Waals surface area contributed by atoms with E-state index in [1.807, 2.05) is 20.0 Å². The predicted octanol–water partition coefficient (Wildman–Crippen LogP) is 3.13. The highest BCUT2D eigenvalue weighted by atomic mass is 79.9. The van der Waals surface area contributed by atoms with Crippen LogP contribution in [0.5, 0.6) is 11.5 Å². The van der Waals surface area contributed by atoms with Gasteiger partial charge in [-0.1, -0.05) is 0 Å². The van der Waals surface area contributed by atoms with Gasteiger partial charge in [-0.05, 0) is 47.6 Å². The van der Waals surface area contributed by atoms with Crippen molar-refractivity contribution in [2.75, 3.05) is 26.9 Å². The van der Waals surface area contributed by atoms with Gasteiger partial charge in [-0.15, -0.1) is 0 Å². The molecule has 0 aliphatic carbocycles. The summed E-state index contributed by atoms with van der Waals surface area (Å²) in [6.45, 7) is 4.95. The molecule has 0 amide bonds. The van der Waals surface area contributed by atoms with Crippen molar-refractivity contribution < 1.29 is 14.2 Å². The molecular weight excluding hydrogens is 322 g/mol. The van der Waals surface area contributed by atoms with Crippen LogP contribution in [-0.4, -0.2) is 33.0 Å². The molecule has 1 heterocycles. The Morgan fingerprint density at radius 1 is 1.35 bits per heavy atom. The van der Waals surface area contributed by atoms with Gasteiger partial charge in [0, 0.05) is 19.4 Å². The number of hydrogen-bond acceptors (Lipinski definition) is 4. The first-order chi connectivity index (χ1) is 9.74. The van der Waals surface area contributed by atoms with Crippen LogP contribution >= 0.6 is 15.9 Å². The summed E-state index contributed by atoms with van der Waals surface area (Å²) in [7, 11) is 1.93. The second-order valence-corrected chi connectivity index (χ2v) is 5.65. The molecule has 0 bridgehead atoms. The van der Waals surface area contributed by atoms with Gasteiger partial charge in [-0.3, -0.25) is 0 Å². The molecule has 1 saturated heterocycles. The first-order valence-electron chi connectivity index (χ1n) is 7.08. The van der Waals surface area contributed by atoms with E-state index in [9.17, 15) is 0 Å². The van der Waals surface area contributed by atoms with E-state index >= 15 is 0 Å². The van der Waals surface area contributed by atoms with E-state index in [1.165, 1.54) is 5.56 Å². The lowest BCUT2D eigenvalue weighted by molar-refractivity contribution is 0.0240. The van der Waals surface area contributed by atoms with Gasteiger partial charge < -0.3 is 19.5 Å². The Kier molecular flexibility index (Phi) is 6.13. The molecule has 1 N–H and O–H groups in total. The van der Waals surface area contributed by atoms with Gasteiger partial charge in [0.05, 0.1) is 24.3 Å². The molecule has 0 spiro atoms. The summed E-state index contributed by atoms with van der Waals surface area (Å²) in [5.41, 5.74) is 1.17. The van der Waals surface area contributed by atoms with Crippen LogP contribution in [0.2, 0.25) is 0 Å². The summed E-state index contributed by atoms with van der Waals surface area (Å²) in [5, 5.41) is 3.15. The van der Waals surface area contributed by atoms with Gasteiger partial charge in [0.15, 0.2) is 11.5 Å². The van der Waals surface area contributed by atoms with Crippen molar-refractivity contribution in [2.45, 2.75) is 32.4 Å². The second-order valence-electron chi connectivity index (χ2n) is 4.80. The van der Waals surface area contributed by atoms with Crippen molar-refractivity contribution in [3.8, 4) is 11.5 Å². The van der Waals surface area contributed by atoms with Crippen LogP contribution in [0.25, 0.3) is 0 Å². The maximum absolute atomic E-state index is 6.13. The third kappa shape index (κ3) is 4.11. The summed E-state index contributed by atoms with van der Waals surface area (Å²) in [6.07, 6.45) is 2.06. The van der Waals surface area contributed by atoms with E-state index in [-0.39, 0.29) is 6.10 Å². The van der Waals surface area contributed by atoms with Crippen molar-refractivity contribution in [1.82, 2.24) is 5.32 Å². The van der Waals surface area contributed by atoms with Crippen molar-refractivity contribution in [2.24, 2.45) is 0 Å². The zero-order valence-electron chi connectivity index (χ0n) is 12.1. The fourth-order valence-corrected chi connectivity index (χ4v) is 2.85. The Morgan fingerprint density at radius 2 is 2.10 bits per heavy atom. The van der Waals surface area contributed by atoms with Crippen molar-refractivity contribution in [3.63, 3.8) is 0 Å². The van der Waals surface area contributed by atoms with Gasteiger partial charge >= 0.3 is 0 Å². The average Bonchev–Trinajstić information content (AvgIpc) is 2.44. The summed E-state index contributed by atoms with van der Waals surface area (Å²) < 4.78 is 18.2. The zero-order valence-corrected chi connectivity index (χ0v) is 13.7. The smallest absolute Gasteiger partial charge is 0.175 e. The Bertz CT molecular complexity index is 433. The first kappa shape index (κ1) is 15.6. The Labute approximate surface area is 128 Å². The lowest BCUT2D eigenvalue weighted by atomic mass is 10.1. The van der Waals surface area contributed by atoms with Crippen LogP contribution in [0.4, 0.5) is 0 Å². The van der Waals surface area contributed by atoms with Crippen LogP contribution in [0.15, 0.2) is 16.6 Å². The zero-order chi connectivity index (χ0) is 14.4. The minimum atomic E-state index is 0.203. The molecule has 1 aromatic carbocycles. The number of benzene rings is 1. The number of hydrogen-bond donors (Lipinski definition) is 1. The molecule has 1 aromatic rings. The molecule has 1 aliphatic rings. The van der Waals surface area contributed by atoms with Gasteiger partial charge in [-0.2, -0.15) is 0 Å². The van der Waals surface area contributed by atoms with E-state index in [4.69, 9.17) is 14.2 Å². The highest BCUT2D eigenvalue weighted by Gasteiger charge is 2.20. The number of halogens is 1. The lowest BCUT2D eigenvalue weighted by Gasteiger charge is -2.25. The first-order valence-corrected chi connectivity index (χ1v) is 7.88. The SMILES string of the molecule is CCOc1cc(CNC)cc(Br)c1OC1CCOCC1. The molecule has 4 nitrogen and oxygen atoms in total. The van der Waals surface area contributed by atoms with Gasteiger partial charge in [0.25, 0.3) is 0 Å². The van der Waals surface area contributed by atoms with E-state index in [2.05, 4.69) is 27.3 Å². The summed E-state index contributed by atoms with van der Waals surface area (Å²) >= 11 is 3.60. The highest BCUT2D eigenvalue weighted by molar-refractivity contribution is 9.10. The highest BCUT2D eigenvalue weighted by Crippen LogP contribution is 2.38. The Hall–Kier alpha value is -0.780. The molecule has 1 aliphatic heterocycles. The number of ether oxygens (including phenoxy) is 3. The molecule has 2 rings (SSSR count). The molecule has 0 atom stereocenters. The molecule has 5 heteroatoms. The minimum absolute atomic E-state index is 0.203.